The van der Waals surface area contributed by atoms with Crippen molar-refractivity contribution in [3.63, 3.8) is 0 Å². The molecule has 3 nitrogen and oxygen atoms in total. The first-order chi connectivity index (χ1) is 5.64. The van der Waals surface area contributed by atoms with Crippen LogP contribution in [-0.2, 0) is 9.53 Å². The van der Waals surface area contributed by atoms with Gasteiger partial charge in [0, 0.05) is 0 Å². The number of ether oxygens (including phenoxy) is 1. The first-order valence-electron chi connectivity index (χ1n) is 4.56. The average molecular weight is 254 g/mol. The van der Waals surface area contributed by atoms with Crippen LogP contribution in [0.25, 0.3) is 0 Å². The van der Waals surface area contributed by atoms with Gasteiger partial charge in [-0.15, -0.1) is 0 Å². The summed E-state index contributed by atoms with van der Waals surface area (Å²) in [6, 6.07) is 0. The van der Waals surface area contributed by atoms with Crippen molar-refractivity contribution in [2.24, 2.45) is 0 Å². The Morgan fingerprint density at radius 1 is 1.15 bits per heavy atom. The number of carbonyl (C=O) groups excluding carboxylic acids is 1. The zero-order valence-corrected chi connectivity index (χ0v) is 10.6. The van der Waals surface area contributed by atoms with Crippen molar-refractivity contribution < 1.29 is 31.0 Å². The molecule has 0 rings (SSSR count). The lowest BCUT2D eigenvalue weighted by Crippen LogP contribution is -3.00. The van der Waals surface area contributed by atoms with Crippen LogP contribution in [0.1, 0.15) is 20.8 Å². The molecule has 0 saturated carbocycles. The third-order valence-corrected chi connectivity index (χ3v) is 2.70. The molecule has 0 saturated heterocycles. The van der Waals surface area contributed by atoms with Gasteiger partial charge in [-0.1, -0.05) is 0 Å². The molecule has 0 fully saturated rings. The monoisotopic (exact) mass is 253 g/mol. The van der Waals surface area contributed by atoms with E-state index in [1.807, 2.05) is 0 Å². The molecule has 0 aromatic heterocycles. The van der Waals surface area contributed by atoms with Crippen LogP contribution in [0.3, 0.4) is 0 Å². The van der Waals surface area contributed by atoms with E-state index in [0.717, 1.165) is 24.1 Å². The second-order valence-corrected chi connectivity index (χ2v) is 3.02. The molecule has 0 spiro atoms. The van der Waals surface area contributed by atoms with Gasteiger partial charge in [-0.2, -0.15) is 0 Å². The predicted molar refractivity (Wildman–Crippen MR) is 48.8 cm³/mol. The highest BCUT2D eigenvalue weighted by atomic mass is 79.9. The van der Waals surface area contributed by atoms with Gasteiger partial charge in [-0.3, -0.25) is 0 Å². The minimum atomic E-state index is -0.111. The molecule has 4 heteroatoms. The standard InChI is InChI=1S/C9H20NO2.BrH/c1-5-10(6-2,7-3)8-9(11)12-4;/h5-8H2,1-4H3;1H/q+1;/p-1. The minimum absolute atomic E-state index is 0. The van der Waals surface area contributed by atoms with Crippen LogP contribution in [0.2, 0.25) is 0 Å². The third kappa shape index (κ3) is 4.62. The normalized spacial score (nSPS) is 10.5. The topological polar surface area (TPSA) is 26.3 Å². The van der Waals surface area contributed by atoms with E-state index in [0.29, 0.717) is 6.54 Å². The van der Waals surface area contributed by atoms with E-state index in [1.165, 1.54) is 7.11 Å². The SMILES string of the molecule is CC[N+](CC)(CC)CC(=O)OC.[Br-]. The highest BCUT2D eigenvalue weighted by molar-refractivity contribution is 5.70. The first kappa shape index (κ1) is 15.4. The highest BCUT2D eigenvalue weighted by Gasteiger charge is 2.24. The summed E-state index contributed by atoms with van der Waals surface area (Å²) >= 11 is 0. The van der Waals surface area contributed by atoms with Gasteiger partial charge >= 0.3 is 5.97 Å². The molecule has 80 valence electrons. The van der Waals surface area contributed by atoms with Gasteiger partial charge in [0.25, 0.3) is 0 Å². The van der Waals surface area contributed by atoms with Gasteiger partial charge in [0.2, 0.25) is 0 Å². The zero-order valence-electron chi connectivity index (χ0n) is 8.97. The number of quaternary nitrogens is 1. The van der Waals surface area contributed by atoms with E-state index < -0.39 is 0 Å². The number of carbonyl (C=O) groups is 1. The molecule has 0 amide bonds. The summed E-state index contributed by atoms with van der Waals surface area (Å²) in [6.45, 7) is 9.79. The summed E-state index contributed by atoms with van der Waals surface area (Å²) in [5.41, 5.74) is 0. The molecule has 0 N–H and O–H groups in total. The van der Waals surface area contributed by atoms with Crippen LogP contribution in [0.15, 0.2) is 0 Å². The number of esters is 1. The Hall–Kier alpha value is -0.0900. The van der Waals surface area contributed by atoms with Crippen LogP contribution < -0.4 is 17.0 Å². The van der Waals surface area contributed by atoms with Crippen molar-refractivity contribution in [2.75, 3.05) is 33.3 Å². The Morgan fingerprint density at radius 3 is 1.77 bits per heavy atom. The maximum atomic E-state index is 11.1. The molecular weight excluding hydrogens is 234 g/mol. The Labute approximate surface area is 91.4 Å². The fourth-order valence-electron chi connectivity index (χ4n) is 1.34. The summed E-state index contributed by atoms with van der Waals surface area (Å²) in [6.07, 6.45) is 0. The molecular formula is C9H20BrNO2. The van der Waals surface area contributed by atoms with Gasteiger partial charge in [0.1, 0.15) is 0 Å². The minimum Gasteiger partial charge on any atom is -1.00 e. The Bertz CT molecular complexity index is 138. The molecule has 0 heterocycles. The molecule has 0 aliphatic heterocycles. The van der Waals surface area contributed by atoms with Crippen LogP contribution in [-0.4, -0.2) is 43.7 Å². The van der Waals surface area contributed by atoms with Crippen molar-refractivity contribution in [1.29, 1.82) is 0 Å². The fraction of sp³-hybridized carbons (Fsp3) is 0.889. The molecule has 0 bridgehead atoms. The van der Waals surface area contributed by atoms with Gasteiger partial charge in [-0.05, 0) is 20.8 Å². The fourth-order valence-corrected chi connectivity index (χ4v) is 1.34. The average Bonchev–Trinajstić information content (AvgIpc) is 2.14. The van der Waals surface area contributed by atoms with E-state index in [4.69, 9.17) is 0 Å². The molecule has 0 aromatic carbocycles. The maximum absolute atomic E-state index is 11.1. The van der Waals surface area contributed by atoms with E-state index in [1.54, 1.807) is 0 Å². The number of hydrogen-bond acceptors (Lipinski definition) is 2. The largest absolute Gasteiger partial charge is 1.00 e. The van der Waals surface area contributed by atoms with Crippen molar-refractivity contribution in [3.8, 4) is 0 Å². The summed E-state index contributed by atoms with van der Waals surface area (Å²) in [5.74, 6) is -0.111. The molecule has 0 unspecified atom stereocenters. The van der Waals surface area contributed by atoms with Crippen LogP contribution in [0, 0.1) is 0 Å². The Morgan fingerprint density at radius 2 is 1.54 bits per heavy atom. The number of nitrogens with zero attached hydrogens (tertiary/aromatic N) is 1. The second kappa shape index (κ2) is 7.33. The smallest absolute Gasteiger partial charge is 0.361 e. The number of hydrogen-bond donors (Lipinski definition) is 0. The molecule has 13 heavy (non-hydrogen) atoms. The molecule has 0 radical (unpaired) electrons. The number of halogens is 1. The molecule has 0 aromatic rings. The summed E-state index contributed by atoms with van der Waals surface area (Å²) in [5, 5.41) is 0. The lowest BCUT2D eigenvalue weighted by atomic mass is 10.3. The summed E-state index contributed by atoms with van der Waals surface area (Å²) in [7, 11) is 1.44. The molecule has 0 aliphatic carbocycles. The van der Waals surface area contributed by atoms with Crippen molar-refractivity contribution >= 4 is 5.97 Å². The van der Waals surface area contributed by atoms with Crippen LogP contribution in [0.4, 0.5) is 0 Å². The number of rotatable bonds is 5. The lowest BCUT2D eigenvalue weighted by molar-refractivity contribution is -0.916. The van der Waals surface area contributed by atoms with Crippen LogP contribution >= 0.6 is 0 Å². The first-order valence-corrected chi connectivity index (χ1v) is 4.56. The summed E-state index contributed by atoms with van der Waals surface area (Å²) < 4.78 is 5.48. The predicted octanol–water partition coefficient (Wildman–Crippen LogP) is -1.96. The number of methoxy groups -OCH3 is 1. The summed E-state index contributed by atoms with van der Waals surface area (Å²) in [4.78, 5) is 11.1. The van der Waals surface area contributed by atoms with Crippen LogP contribution in [0.5, 0.6) is 0 Å². The van der Waals surface area contributed by atoms with Crippen molar-refractivity contribution in [3.05, 3.63) is 0 Å². The molecule has 0 atom stereocenters. The van der Waals surface area contributed by atoms with Gasteiger partial charge < -0.3 is 26.2 Å². The van der Waals surface area contributed by atoms with Gasteiger partial charge in [-0.25, -0.2) is 4.79 Å². The lowest BCUT2D eigenvalue weighted by Gasteiger charge is -2.34. The highest BCUT2D eigenvalue weighted by Crippen LogP contribution is 2.05. The van der Waals surface area contributed by atoms with E-state index in [-0.39, 0.29) is 23.0 Å². The van der Waals surface area contributed by atoms with Gasteiger partial charge in [0.05, 0.1) is 26.7 Å². The van der Waals surface area contributed by atoms with E-state index in [9.17, 15) is 4.79 Å². The van der Waals surface area contributed by atoms with Gasteiger partial charge in [0.15, 0.2) is 6.54 Å². The maximum Gasteiger partial charge on any atom is 0.361 e. The van der Waals surface area contributed by atoms with Crippen molar-refractivity contribution in [1.82, 2.24) is 0 Å². The number of likely N-dealkylation sites (N-methyl/N-ethyl adjacent to an activating group) is 1. The van der Waals surface area contributed by atoms with E-state index in [2.05, 4.69) is 25.5 Å². The quantitative estimate of drug-likeness (QED) is 0.421. The Kier molecular flexibility index (Phi) is 8.67. The second-order valence-electron chi connectivity index (χ2n) is 3.02. The third-order valence-electron chi connectivity index (χ3n) is 2.70. The molecule has 0 aliphatic rings. The zero-order chi connectivity index (χ0) is 9.61. The van der Waals surface area contributed by atoms with Crippen molar-refractivity contribution in [2.45, 2.75) is 20.8 Å². The Balaban J connectivity index is 0. The van der Waals surface area contributed by atoms with E-state index >= 15 is 0 Å².